The molecular weight excluding hydrogens is 417 g/mol. The van der Waals surface area contributed by atoms with Crippen LogP contribution in [0.25, 0.3) is 10.9 Å². The van der Waals surface area contributed by atoms with Gasteiger partial charge in [0.25, 0.3) is 10.0 Å². The zero-order chi connectivity index (χ0) is 21.2. The molecule has 0 aliphatic carbocycles. The van der Waals surface area contributed by atoms with Crippen LogP contribution in [0.5, 0.6) is 0 Å². The Morgan fingerprint density at radius 2 is 1.86 bits per heavy atom. The highest BCUT2D eigenvalue weighted by atomic mass is 35.5. The van der Waals surface area contributed by atoms with Gasteiger partial charge in [0.15, 0.2) is 0 Å². The van der Waals surface area contributed by atoms with Crippen LogP contribution in [0.4, 0.5) is 10.1 Å². The Morgan fingerprint density at radius 1 is 1.14 bits per heavy atom. The van der Waals surface area contributed by atoms with Gasteiger partial charge < -0.3 is 9.47 Å². The molecule has 0 spiro atoms. The normalized spacial score (nSPS) is 11.6. The number of aromatic nitrogens is 1. The first-order valence-electron chi connectivity index (χ1n) is 9.09. The number of carbonyl (C=O) groups excluding carboxylic acids is 1. The van der Waals surface area contributed by atoms with Gasteiger partial charge in [-0.05, 0) is 56.3 Å². The van der Waals surface area contributed by atoms with Gasteiger partial charge >= 0.3 is 0 Å². The summed E-state index contributed by atoms with van der Waals surface area (Å²) in [6.07, 6.45) is 1.79. The van der Waals surface area contributed by atoms with Crippen molar-refractivity contribution in [2.75, 3.05) is 17.8 Å². The summed E-state index contributed by atoms with van der Waals surface area (Å²) in [6.45, 7) is 5.36. The first-order chi connectivity index (χ1) is 13.7. The summed E-state index contributed by atoms with van der Waals surface area (Å²) in [6, 6.07) is 9.94. The lowest BCUT2D eigenvalue weighted by molar-refractivity contribution is -0.131. The van der Waals surface area contributed by atoms with Crippen LogP contribution in [0.2, 0.25) is 5.02 Å². The SMILES string of the molecule is CCN(CC)C(=O)Cn1ccc2cc(NS(=O)(=O)c3ccc(F)cc3Cl)ccc21. The van der Waals surface area contributed by atoms with Gasteiger partial charge in [-0.15, -0.1) is 0 Å². The van der Waals surface area contributed by atoms with Crippen molar-refractivity contribution in [1.29, 1.82) is 0 Å². The van der Waals surface area contributed by atoms with Crippen molar-refractivity contribution in [3.05, 3.63) is 59.5 Å². The summed E-state index contributed by atoms with van der Waals surface area (Å²) in [4.78, 5) is 13.9. The summed E-state index contributed by atoms with van der Waals surface area (Å²) >= 11 is 5.88. The van der Waals surface area contributed by atoms with Gasteiger partial charge in [0.2, 0.25) is 5.91 Å². The monoisotopic (exact) mass is 437 g/mol. The molecule has 0 bridgehead atoms. The molecule has 29 heavy (non-hydrogen) atoms. The molecule has 2 aromatic carbocycles. The highest BCUT2D eigenvalue weighted by molar-refractivity contribution is 7.92. The van der Waals surface area contributed by atoms with Crippen molar-refractivity contribution in [3.63, 3.8) is 0 Å². The third-order valence-electron chi connectivity index (χ3n) is 4.63. The maximum atomic E-state index is 13.2. The van der Waals surface area contributed by atoms with Gasteiger partial charge in [-0.1, -0.05) is 11.6 Å². The molecule has 154 valence electrons. The van der Waals surface area contributed by atoms with Crippen molar-refractivity contribution >= 4 is 44.1 Å². The number of benzene rings is 2. The summed E-state index contributed by atoms with van der Waals surface area (Å²) in [5.41, 5.74) is 1.15. The van der Waals surface area contributed by atoms with Crippen LogP contribution in [-0.4, -0.2) is 36.9 Å². The smallest absolute Gasteiger partial charge is 0.263 e. The fourth-order valence-electron chi connectivity index (χ4n) is 3.13. The molecule has 0 aliphatic heterocycles. The van der Waals surface area contributed by atoms with Gasteiger partial charge in [-0.2, -0.15) is 0 Å². The van der Waals surface area contributed by atoms with Crippen LogP contribution >= 0.6 is 11.6 Å². The number of likely N-dealkylation sites (N-methyl/N-ethyl adjacent to an activating group) is 1. The molecule has 0 saturated heterocycles. The molecule has 9 heteroatoms. The Balaban J connectivity index is 1.85. The van der Waals surface area contributed by atoms with E-state index in [2.05, 4.69) is 4.72 Å². The first-order valence-corrected chi connectivity index (χ1v) is 11.0. The van der Waals surface area contributed by atoms with E-state index in [4.69, 9.17) is 11.6 Å². The maximum absolute atomic E-state index is 13.2. The molecule has 0 fully saturated rings. The van der Waals surface area contributed by atoms with E-state index in [1.165, 1.54) is 0 Å². The maximum Gasteiger partial charge on any atom is 0.263 e. The zero-order valence-corrected chi connectivity index (χ0v) is 17.6. The molecular formula is C20H21ClFN3O3S. The second-order valence-electron chi connectivity index (χ2n) is 6.46. The molecule has 1 aromatic heterocycles. The zero-order valence-electron chi connectivity index (χ0n) is 16.0. The van der Waals surface area contributed by atoms with Gasteiger partial charge in [-0.25, -0.2) is 12.8 Å². The van der Waals surface area contributed by atoms with Gasteiger partial charge in [-0.3, -0.25) is 9.52 Å². The van der Waals surface area contributed by atoms with Crippen LogP contribution in [-0.2, 0) is 21.4 Å². The minimum absolute atomic E-state index is 0.0169. The predicted molar refractivity (Wildman–Crippen MR) is 112 cm³/mol. The van der Waals surface area contributed by atoms with Gasteiger partial charge in [0, 0.05) is 35.9 Å². The minimum atomic E-state index is -3.98. The van der Waals surface area contributed by atoms with Gasteiger partial charge in [0.05, 0.1) is 5.02 Å². The Morgan fingerprint density at radius 3 is 2.52 bits per heavy atom. The number of nitrogens with one attached hydrogen (secondary N) is 1. The number of sulfonamides is 1. The van der Waals surface area contributed by atoms with E-state index in [0.29, 0.717) is 18.8 Å². The average Bonchev–Trinajstić information content (AvgIpc) is 3.04. The van der Waals surface area contributed by atoms with E-state index < -0.39 is 15.8 Å². The first kappa shape index (κ1) is 21.1. The van der Waals surface area contributed by atoms with Crippen LogP contribution in [0.1, 0.15) is 13.8 Å². The van der Waals surface area contributed by atoms with Crippen molar-refractivity contribution in [3.8, 4) is 0 Å². The molecule has 1 N–H and O–H groups in total. The van der Waals surface area contributed by atoms with E-state index in [9.17, 15) is 17.6 Å². The molecule has 0 atom stereocenters. The largest absolute Gasteiger partial charge is 0.342 e. The van der Waals surface area contributed by atoms with E-state index in [1.54, 1.807) is 29.3 Å². The van der Waals surface area contributed by atoms with Crippen LogP contribution in [0, 0.1) is 5.82 Å². The quantitative estimate of drug-likeness (QED) is 0.604. The predicted octanol–water partition coefficient (Wildman–Crippen LogP) is 4.10. The molecule has 0 saturated carbocycles. The summed E-state index contributed by atoms with van der Waals surface area (Å²) in [5.74, 6) is -0.598. The van der Waals surface area contributed by atoms with Crippen LogP contribution in [0.3, 0.4) is 0 Å². The van der Waals surface area contributed by atoms with E-state index in [-0.39, 0.29) is 22.4 Å². The topological polar surface area (TPSA) is 71.4 Å². The minimum Gasteiger partial charge on any atom is -0.342 e. The Hall–Kier alpha value is -2.58. The number of fused-ring (bicyclic) bond motifs is 1. The summed E-state index contributed by atoms with van der Waals surface area (Å²) in [7, 11) is -3.98. The van der Waals surface area contributed by atoms with Gasteiger partial charge in [0.1, 0.15) is 17.3 Å². The van der Waals surface area contributed by atoms with Crippen molar-refractivity contribution in [1.82, 2.24) is 9.47 Å². The average molecular weight is 438 g/mol. The number of hydrogen-bond donors (Lipinski definition) is 1. The second kappa shape index (κ2) is 8.42. The second-order valence-corrected chi connectivity index (χ2v) is 8.52. The molecule has 1 heterocycles. The molecule has 3 rings (SSSR count). The fourth-order valence-corrected chi connectivity index (χ4v) is 4.71. The van der Waals surface area contributed by atoms with Crippen LogP contribution < -0.4 is 4.72 Å². The van der Waals surface area contributed by atoms with E-state index in [0.717, 1.165) is 29.1 Å². The Labute approximate surface area is 173 Å². The number of rotatable bonds is 7. The van der Waals surface area contributed by atoms with E-state index in [1.807, 2.05) is 24.5 Å². The van der Waals surface area contributed by atoms with Crippen LogP contribution in [0.15, 0.2) is 53.6 Å². The lowest BCUT2D eigenvalue weighted by Gasteiger charge is -2.19. The molecule has 1 amide bonds. The number of carbonyl (C=O) groups is 1. The molecule has 0 unspecified atom stereocenters. The molecule has 6 nitrogen and oxygen atoms in total. The highest BCUT2D eigenvalue weighted by Crippen LogP contribution is 2.26. The number of amides is 1. The number of halogens is 2. The van der Waals surface area contributed by atoms with Crippen molar-refractivity contribution in [2.24, 2.45) is 0 Å². The Kier molecular flexibility index (Phi) is 6.14. The number of anilines is 1. The Bertz CT molecular complexity index is 1160. The van der Waals surface area contributed by atoms with E-state index >= 15 is 0 Å². The lowest BCUT2D eigenvalue weighted by Crippen LogP contribution is -2.33. The molecule has 3 aromatic rings. The third-order valence-corrected chi connectivity index (χ3v) is 6.49. The third kappa shape index (κ3) is 4.54. The lowest BCUT2D eigenvalue weighted by atomic mass is 10.2. The summed E-state index contributed by atoms with van der Waals surface area (Å²) in [5, 5.41) is 0.586. The standard InChI is InChI=1S/C20H21ClFN3O3S/c1-3-24(4-2)20(26)13-25-10-9-14-11-16(6-7-18(14)25)23-29(27,28)19-8-5-15(22)12-17(19)21/h5-12,23H,3-4,13H2,1-2H3. The van der Waals surface area contributed by atoms with Crippen molar-refractivity contribution < 1.29 is 17.6 Å². The summed E-state index contributed by atoms with van der Waals surface area (Å²) < 4.78 is 42.7. The molecule has 0 aliphatic rings. The molecule has 0 radical (unpaired) electrons. The fraction of sp³-hybridized carbons (Fsp3) is 0.250. The van der Waals surface area contributed by atoms with Crippen molar-refractivity contribution in [2.45, 2.75) is 25.3 Å². The number of nitrogens with zero attached hydrogens (tertiary/aromatic N) is 2. The highest BCUT2D eigenvalue weighted by Gasteiger charge is 2.19. The number of hydrogen-bond acceptors (Lipinski definition) is 3.